The van der Waals surface area contributed by atoms with Gasteiger partial charge in [0.05, 0.1) is 0 Å². The van der Waals surface area contributed by atoms with Crippen molar-refractivity contribution in [3.05, 3.63) is 35.9 Å². The summed E-state index contributed by atoms with van der Waals surface area (Å²) in [6.07, 6.45) is 7.43. The van der Waals surface area contributed by atoms with E-state index < -0.39 is 0 Å². The van der Waals surface area contributed by atoms with Gasteiger partial charge < -0.3 is 5.32 Å². The monoisotopic (exact) mass is 269 g/mol. The molecule has 20 heavy (non-hydrogen) atoms. The zero-order chi connectivity index (χ0) is 14.3. The van der Waals surface area contributed by atoms with Crippen molar-refractivity contribution in [3.63, 3.8) is 0 Å². The minimum Gasteiger partial charge on any atom is -0.312 e. The van der Waals surface area contributed by atoms with E-state index >= 15 is 0 Å². The Bertz CT molecular complexity index is 446. The van der Waals surface area contributed by atoms with Crippen LogP contribution in [0.3, 0.4) is 0 Å². The number of hydrogen-bond donors (Lipinski definition) is 1. The molecule has 0 aliphatic heterocycles. The molecule has 1 heteroatoms. The first-order valence-corrected chi connectivity index (χ1v) is 8.02. The van der Waals surface area contributed by atoms with Crippen LogP contribution >= 0.6 is 0 Å². The van der Waals surface area contributed by atoms with E-state index in [1.165, 1.54) is 37.7 Å². The normalized spacial score (nSPS) is 18.3. The molecule has 0 spiro atoms. The zero-order valence-electron chi connectivity index (χ0n) is 12.9. The predicted octanol–water partition coefficient (Wildman–Crippen LogP) is 4.28. The van der Waals surface area contributed by atoms with Crippen molar-refractivity contribution in [1.82, 2.24) is 5.32 Å². The van der Waals surface area contributed by atoms with Gasteiger partial charge in [-0.3, -0.25) is 0 Å². The summed E-state index contributed by atoms with van der Waals surface area (Å²) < 4.78 is 0. The van der Waals surface area contributed by atoms with Crippen molar-refractivity contribution >= 4 is 0 Å². The number of rotatable bonds is 6. The van der Waals surface area contributed by atoms with E-state index in [2.05, 4.69) is 54.4 Å². The molecule has 0 aromatic heterocycles. The van der Waals surface area contributed by atoms with Crippen molar-refractivity contribution < 1.29 is 0 Å². The second kappa shape index (κ2) is 7.50. The summed E-state index contributed by atoms with van der Waals surface area (Å²) in [7, 11) is 0. The molecular weight excluding hydrogens is 242 g/mol. The van der Waals surface area contributed by atoms with Crippen LogP contribution in [0, 0.1) is 11.8 Å². The SMILES string of the molecule is CC#CCC(NCCC)C1(c2ccccc2)CCCC1. The van der Waals surface area contributed by atoms with E-state index in [4.69, 9.17) is 0 Å². The van der Waals surface area contributed by atoms with Gasteiger partial charge in [-0.25, -0.2) is 0 Å². The molecule has 0 bridgehead atoms. The predicted molar refractivity (Wildman–Crippen MR) is 86.7 cm³/mol. The highest BCUT2D eigenvalue weighted by molar-refractivity contribution is 5.30. The molecule has 0 radical (unpaired) electrons. The Morgan fingerprint density at radius 2 is 1.90 bits per heavy atom. The van der Waals surface area contributed by atoms with Crippen LogP contribution in [0.15, 0.2) is 30.3 Å². The fourth-order valence-corrected chi connectivity index (χ4v) is 3.60. The lowest BCUT2D eigenvalue weighted by atomic mass is 9.71. The molecule has 0 heterocycles. The summed E-state index contributed by atoms with van der Waals surface area (Å²) in [5, 5.41) is 3.78. The fraction of sp³-hybridized carbons (Fsp3) is 0.579. The largest absolute Gasteiger partial charge is 0.312 e. The van der Waals surface area contributed by atoms with Gasteiger partial charge in [-0.2, -0.15) is 0 Å². The van der Waals surface area contributed by atoms with Crippen LogP contribution in [0.4, 0.5) is 0 Å². The lowest BCUT2D eigenvalue weighted by Gasteiger charge is -2.38. The number of nitrogens with one attached hydrogen (secondary N) is 1. The zero-order valence-corrected chi connectivity index (χ0v) is 12.9. The molecule has 1 saturated carbocycles. The fourth-order valence-electron chi connectivity index (χ4n) is 3.60. The number of hydrogen-bond acceptors (Lipinski definition) is 1. The van der Waals surface area contributed by atoms with Gasteiger partial charge in [-0.05, 0) is 38.3 Å². The highest BCUT2D eigenvalue weighted by Crippen LogP contribution is 2.44. The maximum atomic E-state index is 3.78. The summed E-state index contributed by atoms with van der Waals surface area (Å²) in [6.45, 7) is 5.27. The van der Waals surface area contributed by atoms with E-state index in [9.17, 15) is 0 Å². The molecule has 1 atom stereocenters. The van der Waals surface area contributed by atoms with Crippen molar-refractivity contribution in [1.29, 1.82) is 0 Å². The molecule has 1 unspecified atom stereocenters. The summed E-state index contributed by atoms with van der Waals surface area (Å²) in [5.41, 5.74) is 1.80. The van der Waals surface area contributed by atoms with Crippen molar-refractivity contribution in [2.45, 2.75) is 63.8 Å². The van der Waals surface area contributed by atoms with E-state index in [1.54, 1.807) is 0 Å². The molecule has 0 amide bonds. The average Bonchev–Trinajstić information content (AvgIpc) is 2.99. The number of benzene rings is 1. The highest BCUT2D eigenvalue weighted by Gasteiger charge is 2.41. The van der Waals surface area contributed by atoms with Gasteiger partial charge in [-0.1, -0.05) is 50.1 Å². The maximum absolute atomic E-state index is 3.78. The molecule has 0 saturated heterocycles. The van der Waals surface area contributed by atoms with Crippen LogP contribution in [0.1, 0.15) is 57.9 Å². The standard InChI is InChI=1S/C19H27N/c1-3-5-13-18(20-16-4-2)19(14-9-10-15-19)17-11-7-6-8-12-17/h6-8,11-12,18,20H,4,9-10,13-16H2,1-2H3. The molecule has 2 rings (SSSR count). The molecule has 108 valence electrons. The topological polar surface area (TPSA) is 12.0 Å². The Morgan fingerprint density at radius 3 is 2.50 bits per heavy atom. The third-order valence-corrected chi connectivity index (χ3v) is 4.64. The molecule has 1 nitrogen and oxygen atoms in total. The molecule has 1 aliphatic rings. The van der Waals surface area contributed by atoms with Crippen LogP contribution in [0.2, 0.25) is 0 Å². The summed E-state index contributed by atoms with van der Waals surface area (Å²) in [5.74, 6) is 6.39. The first-order chi connectivity index (χ1) is 9.83. The third kappa shape index (κ3) is 3.25. The van der Waals surface area contributed by atoms with Gasteiger partial charge in [0.25, 0.3) is 0 Å². The summed E-state index contributed by atoms with van der Waals surface area (Å²) >= 11 is 0. The Labute approximate surface area is 124 Å². The second-order valence-electron chi connectivity index (χ2n) is 5.87. The molecule has 1 N–H and O–H groups in total. The van der Waals surface area contributed by atoms with Crippen LogP contribution in [0.25, 0.3) is 0 Å². The minimum atomic E-state index is 0.292. The quantitative estimate of drug-likeness (QED) is 0.760. The highest BCUT2D eigenvalue weighted by atomic mass is 14.9. The first kappa shape index (κ1) is 15.1. The van der Waals surface area contributed by atoms with Crippen molar-refractivity contribution in [2.75, 3.05) is 6.54 Å². The van der Waals surface area contributed by atoms with E-state index in [0.29, 0.717) is 11.5 Å². The van der Waals surface area contributed by atoms with Crippen LogP contribution in [-0.4, -0.2) is 12.6 Å². The lowest BCUT2D eigenvalue weighted by molar-refractivity contribution is 0.299. The minimum absolute atomic E-state index is 0.292. The van der Waals surface area contributed by atoms with Crippen molar-refractivity contribution in [3.8, 4) is 11.8 Å². The van der Waals surface area contributed by atoms with Gasteiger partial charge in [0.1, 0.15) is 0 Å². The molecule has 1 aromatic carbocycles. The Morgan fingerprint density at radius 1 is 1.20 bits per heavy atom. The molecular formula is C19H27N. The maximum Gasteiger partial charge on any atom is 0.0273 e. The van der Waals surface area contributed by atoms with E-state index in [0.717, 1.165) is 13.0 Å². The van der Waals surface area contributed by atoms with Crippen LogP contribution in [0.5, 0.6) is 0 Å². The smallest absolute Gasteiger partial charge is 0.0273 e. The van der Waals surface area contributed by atoms with Gasteiger partial charge in [0.15, 0.2) is 0 Å². The molecule has 1 aromatic rings. The molecule has 1 aliphatic carbocycles. The van der Waals surface area contributed by atoms with Gasteiger partial charge >= 0.3 is 0 Å². The Hall–Kier alpha value is -1.26. The van der Waals surface area contributed by atoms with Crippen molar-refractivity contribution in [2.24, 2.45) is 0 Å². The Kier molecular flexibility index (Phi) is 5.68. The van der Waals surface area contributed by atoms with E-state index in [1.807, 2.05) is 6.92 Å². The second-order valence-corrected chi connectivity index (χ2v) is 5.87. The molecule has 1 fully saturated rings. The van der Waals surface area contributed by atoms with Gasteiger partial charge in [0.2, 0.25) is 0 Å². The third-order valence-electron chi connectivity index (χ3n) is 4.64. The lowest BCUT2D eigenvalue weighted by Crippen LogP contribution is -2.47. The van der Waals surface area contributed by atoms with Gasteiger partial charge in [-0.15, -0.1) is 11.8 Å². The first-order valence-electron chi connectivity index (χ1n) is 8.02. The average molecular weight is 269 g/mol. The van der Waals surface area contributed by atoms with Gasteiger partial charge in [0, 0.05) is 17.9 Å². The van der Waals surface area contributed by atoms with E-state index in [-0.39, 0.29) is 0 Å². The summed E-state index contributed by atoms with van der Waals surface area (Å²) in [4.78, 5) is 0. The van der Waals surface area contributed by atoms with Crippen LogP contribution in [-0.2, 0) is 5.41 Å². The van der Waals surface area contributed by atoms with Crippen LogP contribution < -0.4 is 5.32 Å². The Balaban J connectivity index is 2.29. The summed E-state index contributed by atoms with van der Waals surface area (Å²) in [6, 6.07) is 11.6.